The second-order valence-electron chi connectivity index (χ2n) is 10.4. The molecule has 1 heterocycles. The number of halogens is 3. The van der Waals surface area contributed by atoms with Crippen molar-refractivity contribution >= 4 is 26.9 Å². The lowest BCUT2D eigenvalue weighted by Crippen LogP contribution is -2.14. The lowest BCUT2D eigenvalue weighted by atomic mass is 9.90. The third-order valence-electron chi connectivity index (χ3n) is 7.71. The third kappa shape index (κ3) is 5.39. The molecule has 0 spiro atoms. The topological polar surface area (TPSA) is 124 Å². The van der Waals surface area contributed by atoms with Gasteiger partial charge in [-0.25, -0.2) is 30.4 Å². The molecule has 47 heavy (non-hydrogen) atoms. The van der Waals surface area contributed by atoms with Crippen molar-refractivity contribution in [1.29, 1.82) is 10.5 Å². The number of hydrogen-bond donors (Lipinski definition) is 1. The minimum absolute atomic E-state index is 0.00765. The minimum atomic E-state index is -4.60. The number of carbonyl (C=O) groups is 1. The second-order valence-corrected chi connectivity index (χ2v) is 12.2. The van der Waals surface area contributed by atoms with Crippen LogP contribution < -0.4 is 0 Å². The van der Waals surface area contributed by atoms with E-state index >= 15 is 0 Å². The number of aromatic nitrogens is 1. The summed E-state index contributed by atoms with van der Waals surface area (Å²) in [4.78, 5) is 11.1. The van der Waals surface area contributed by atoms with Crippen LogP contribution in [0.25, 0.3) is 44.4 Å². The van der Waals surface area contributed by atoms with Gasteiger partial charge in [-0.05, 0) is 71.8 Å². The van der Waals surface area contributed by atoms with Crippen molar-refractivity contribution in [2.75, 3.05) is 0 Å². The Balaban J connectivity index is 1.75. The standard InChI is InChI=1S/C36H20F3N3O4S/c37-28-13-16-31-30(18-28)33(32-26(19-40)5-2-6-27(32)20-41)34(42(31)47(45,46)29-14-11-22(12-15-29)35(38)39)25-4-1-3-24(17-25)21-7-9-23(10-8-21)36(43)44/h1-18,35H,(H,43,44). The lowest BCUT2D eigenvalue weighted by molar-refractivity contribution is 0.0697. The first-order chi connectivity index (χ1) is 22.5. The fourth-order valence-electron chi connectivity index (χ4n) is 5.55. The normalized spacial score (nSPS) is 11.4. The quantitative estimate of drug-likeness (QED) is 0.186. The molecular formula is C36H20F3N3O4S. The largest absolute Gasteiger partial charge is 0.478 e. The maximum Gasteiger partial charge on any atom is 0.335 e. The molecule has 0 amide bonds. The molecule has 0 saturated heterocycles. The minimum Gasteiger partial charge on any atom is -0.478 e. The van der Waals surface area contributed by atoms with E-state index in [1.165, 1.54) is 36.4 Å². The zero-order chi connectivity index (χ0) is 33.5. The molecule has 0 fully saturated rings. The summed E-state index contributed by atoms with van der Waals surface area (Å²) in [5, 5.41) is 29.6. The third-order valence-corrected chi connectivity index (χ3v) is 9.44. The fourth-order valence-corrected chi connectivity index (χ4v) is 7.10. The number of nitriles is 2. The van der Waals surface area contributed by atoms with Crippen molar-refractivity contribution in [3.05, 3.63) is 137 Å². The molecule has 230 valence electrons. The van der Waals surface area contributed by atoms with Gasteiger partial charge < -0.3 is 5.11 Å². The molecule has 0 unspecified atom stereocenters. The van der Waals surface area contributed by atoms with Crippen LogP contribution in [0.4, 0.5) is 13.2 Å². The molecule has 5 aromatic carbocycles. The maximum absolute atomic E-state index is 15.0. The molecule has 1 aromatic heterocycles. The first kappa shape index (κ1) is 30.8. The van der Waals surface area contributed by atoms with Gasteiger partial charge in [-0.1, -0.05) is 48.5 Å². The highest BCUT2D eigenvalue weighted by atomic mass is 32.2. The molecule has 0 saturated carbocycles. The molecule has 11 heteroatoms. The van der Waals surface area contributed by atoms with E-state index in [1.807, 2.05) is 0 Å². The van der Waals surface area contributed by atoms with Crippen LogP contribution in [0.5, 0.6) is 0 Å². The van der Waals surface area contributed by atoms with Crippen LogP contribution in [-0.4, -0.2) is 23.5 Å². The van der Waals surface area contributed by atoms with E-state index in [0.29, 0.717) is 16.7 Å². The van der Waals surface area contributed by atoms with E-state index < -0.39 is 28.2 Å². The highest BCUT2D eigenvalue weighted by Gasteiger charge is 2.31. The van der Waals surface area contributed by atoms with Gasteiger partial charge in [-0.3, -0.25) is 0 Å². The van der Waals surface area contributed by atoms with E-state index in [0.717, 1.165) is 40.4 Å². The van der Waals surface area contributed by atoms with Crippen LogP contribution >= 0.6 is 0 Å². The number of nitrogens with zero attached hydrogens (tertiary/aromatic N) is 3. The number of hydrogen-bond acceptors (Lipinski definition) is 5. The summed E-state index contributed by atoms with van der Waals surface area (Å²) >= 11 is 0. The number of alkyl halides is 2. The smallest absolute Gasteiger partial charge is 0.335 e. The number of carboxylic acid groups (broad SMARTS) is 1. The summed E-state index contributed by atoms with van der Waals surface area (Å²) in [5.74, 6) is -1.82. The Kier molecular flexibility index (Phi) is 7.85. The van der Waals surface area contributed by atoms with Crippen molar-refractivity contribution in [2.24, 2.45) is 0 Å². The Labute approximate surface area is 266 Å². The van der Waals surface area contributed by atoms with Crippen LogP contribution in [0.15, 0.2) is 114 Å². The Hall–Kier alpha value is -6.17. The summed E-state index contributed by atoms with van der Waals surface area (Å²) in [6.45, 7) is 0. The van der Waals surface area contributed by atoms with E-state index in [9.17, 15) is 42.0 Å². The van der Waals surface area contributed by atoms with E-state index in [2.05, 4.69) is 12.1 Å². The van der Waals surface area contributed by atoms with Gasteiger partial charge in [-0.15, -0.1) is 0 Å². The fraction of sp³-hybridized carbons (Fsp3) is 0.0278. The average molecular weight is 648 g/mol. The molecule has 0 aliphatic carbocycles. The maximum atomic E-state index is 15.0. The van der Waals surface area contributed by atoms with Crippen LogP contribution in [-0.2, 0) is 10.0 Å². The average Bonchev–Trinajstić information content (AvgIpc) is 3.42. The summed E-state index contributed by atoms with van der Waals surface area (Å²) in [5.41, 5.74) is 1.41. The summed E-state index contributed by atoms with van der Waals surface area (Å²) in [6.07, 6.45) is -2.83. The molecule has 0 aliphatic rings. The monoisotopic (exact) mass is 647 g/mol. The Morgan fingerprint density at radius 2 is 1.36 bits per heavy atom. The number of rotatable bonds is 7. The van der Waals surface area contributed by atoms with Gasteiger partial charge in [0.2, 0.25) is 0 Å². The van der Waals surface area contributed by atoms with Crippen LogP contribution in [0.1, 0.15) is 33.5 Å². The number of fused-ring (bicyclic) bond motifs is 1. The summed E-state index contributed by atoms with van der Waals surface area (Å²) in [7, 11) is -4.60. The van der Waals surface area contributed by atoms with Crippen molar-refractivity contribution in [3.8, 4) is 45.6 Å². The summed E-state index contributed by atoms with van der Waals surface area (Å²) in [6, 6.07) is 28.8. The first-order valence-electron chi connectivity index (χ1n) is 13.9. The SMILES string of the molecule is N#Cc1cccc(C#N)c1-c1c(-c2cccc(-c3ccc(C(=O)O)cc3)c2)n(S(=O)(=O)c2ccc(C(F)F)cc2)c2ccc(F)cc12. The zero-order valence-electron chi connectivity index (χ0n) is 24.0. The highest BCUT2D eigenvalue weighted by molar-refractivity contribution is 7.90. The van der Waals surface area contributed by atoms with Gasteiger partial charge in [0, 0.05) is 27.6 Å². The Morgan fingerprint density at radius 3 is 1.96 bits per heavy atom. The Bertz CT molecular complexity index is 2370. The lowest BCUT2D eigenvalue weighted by Gasteiger charge is -2.16. The van der Waals surface area contributed by atoms with Gasteiger partial charge in [0.15, 0.2) is 0 Å². The molecule has 0 atom stereocenters. The van der Waals surface area contributed by atoms with Gasteiger partial charge in [0.1, 0.15) is 5.82 Å². The number of benzene rings is 5. The zero-order valence-corrected chi connectivity index (χ0v) is 24.8. The molecule has 0 aliphatic heterocycles. The van der Waals surface area contributed by atoms with Gasteiger partial charge in [0.05, 0.1) is 44.9 Å². The summed E-state index contributed by atoms with van der Waals surface area (Å²) < 4.78 is 71.7. The number of carboxylic acids is 1. The van der Waals surface area contributed by atoms with E-state index in [4.69, 9.17) is 0 Å². The molecule has 7 nitrogen and oxygen atoms in total. The van der Waals surface area contributed by atoms with Crippen LogP contribution in [0.2, 0.25) is 0 Å². The predicted molar refractivity (Wildman–Crippen MR) is 169 cm³/mol. The highest BCUT2D eigenvalue weighted by Crippen LogP contribution is 2.46. The van der Waals surface area contributed by atoms with Gasteiger partial charge in [0.25, 0.3) is 16.4 Å². The van der Waals surface area contributed by atoms with Crippen LogP contribution in [0, 0.1) is 28.5 Å². The molecule has 6 rings (SSSR count). The van der Waals surface area contributed by atoms with Gasteiger partial charge in [-0.2, -0.15) is 10.5 Å². The molecule has 6 aromatic rings. The second kappa shape index (κ2) is 12.0. The van der Waals surface area contributed by atoms with E-state index in [1.54, 1.807) is 36.4 Å². The molecular weight excluding hydrogens is 627 g/mol. The predicted octanol–water partition coefficient (Wildman–Crippen LogP) is 8.40. The van der Waals surface area contributed by atoms with Crippen molar-refractivity contribution in [2.45, 2.75) is 11.3 Å². The van der Waals surface area contributed by atoms with Crippen molar-refractivity contribution < 1.29 is 31.5 Å². The van der Waals surface area contributed by atoms with Crippen LogP contribution in [0.3, 0.4) is 0 Å². The Morgan fingerprint density at radius 1 is 0.745 bits per heavy atom. The molecule has 0 bridgehead atoms. The van der Waals surface area contributed by atoms with Crippen molar-refractivity contribution in [3.63, 3.8) is 0 Å². The first-order valence-corrected chi connectivity index (χ1v) is 15.3. The van der Waals surface area contributed by atoms with E-state index in [-0.39, 0.29) is 54.9 Å². The number of aromatic carboxylic acids is 1. The molecule has 1 N–H and O–H groups in total. The van der Waals surface area contributed by atoms with Gasteiger partial charge >= 0.3 is 5.97 Å². The molecule has 0 radical (unpaired) electrons. The van der Waals surface area contributed by atoms with Crippen molar-refractivity contribution in [1.82, 2.24) is 3.97 Å².